The first-order valence-electron chi connectivity index (χ1n) is 17.8. The molecule has 1 saturated heterocycles. The van der Waals surface area contributed by atoms with Crippen LogP contribution in [-0.2, 0) is 20.9 Å². The van der Waals surface area contributed by atoms with Gasteiger partial charge in [-0.25, -0.2) is 4.79 Å². The zero-order valence-electron chi connectivity index (χ0n) is 28.0. The van der Waals surface area contributed by atoms with Crippen molar-refractivity contribution in [2.75, 3.05) is 13.2 Å². The minimum atomic E-state index is -1.47. The Bertz CT molecular complexity index is 903. The fraction of sp³-hybridized carbons (Fsp3) is 0.778. The monoisotopic (exact) mass is 634 g/mol. The van der Waals surface area contributed by atoms with Gasteiger partial charge < -0.3 is 35.0 Å². The van der Waals surface area contributed by atoms with E-state index in [0.717, 1.165) is 56.9 Å². The highest BCUT2D eigenvalue weighted by atomic mass is 16.6. The number of carbonyl (C=O) groups excluding carboxylic acids is 2. The highest BCUT2D eigenvalue weighted by Gasteiger charge is 2.48. The van der Waals surface area contributed by atoms with Gasteiger partial charge >= 0.3 is 6.09 Å². The third-order valence-corrected chi connectivity index (χ3v) is 8.77. The van der Waals surface area contributed by atoms with Gasteiger partial charge in [-0.05, 0) is 18.4 Å². The highest BCUT2D eigenvalue weighted by Crippen LogP contribution is 2.26. The van der Waals surface area contributed by atoms with E-state index in [1.807, 2.05) is 30.3 Å². The molecule has 1 heterocycles. The van der Waals surface area contributed by atoms with E-state index in [2.05, 4.69) is 19.2 Å². The molecule has 0 saturated carbocycles. The second-order valence-electron chi connectivity index (χ2n) is 12.6. The molecule has 9 nitrogen and oxygen atoms in total. The van der Waals surface area contributed by atoms with Crippen molar-refractivity contribution in [3.05, 3.63) is 35.9 Å². The van der Waals surface area contributed by atoms with E-state index in [9.17, 15) is 24.9 Å². The summed E-state index contributed by atoms with van der Waals surface area (Å²) in [6, 6.07) is 8.09. The van der Waals surface area contributed by atoms with Gasteiger partial charge in [0, 0.05) is 13.0 Å². The number of hydrogen-bond acceptors (Lipinski definition) is 7. The summed E-state index contributed by atoms with van der Waals surface area (Å²) in [5.41, 5.74) is 0.803. The average molecular weight is 635 g/mol. The van der Waals surface area contributed by atoms with Gasteiger partial charge in [0.25, 0.3) is 0 Å². The fourth-order valence-corrected chi connectivity index (χ4v) is 5.96. The maximum atomic E-state index is 13.7. The van der Waals surface area contributed by atoms with Crippen LogP contribution in [0.4, 0.5) is 4.79 Å². The molecule has 2 amide bonds. The molecule has 0 radical (unpaired) electrons. The van der Waals surface area contributed by atoms with Crippen LogP contribution < -0.4 is 5.32 Å². The number of unbranched alkanes of at least 4 members (excludes halogenated alkanes) is 15. The number of ether oxygens (including phenoxy) is 2. The Morgan fingerprint density at radius 1 is 0.778 bits per heavy atom. The lowest BCUT2D eigenvalue weighted by atomic mass is 9.95. The molecule has 1 aromatic rings. The fourth-order valence-electron chi connectivity index (χ4n) is 5.96. The van der Waals surface area contributed by atoms with E-state index in [0.29, 0.717) is 13.0 Å². The van der Waals surface area contributed by atoms with E-state index >= 15 is 0 Å². The second kappa shape index (κ2) is 24.0. The molecule has 1 aliphatic heterocycles. The summed E-state index contributed by atoms with van der Waals surface area (Å²) >= 11 is 0. The van der Waals surface area contributed by atoms with Crippen molar-refractivity contribution in [2.45, 2.75) is 167 Å². The summed E-state index contributed by atoms with van der Waals surface area (Å²) in [6.45, 7) is 4.30. The molecule has 258 valence electrons. The summed E-state index contributed by atoms with van der Waals surface area (Å²) in [5, 5.41) is 34.3. The number of carbonyl (C=O) groups is 2. The largest absolute Gasteiger partial charge is 0.445 e. The van der Waals surface area contributed by atoms with E-state index in [1.165, 1.54) is 57.8 Å². The van der Waals surface area contributed by atoms with E-state index in [4.69, 9.17) is 9.47 Å². The summed E-state index contributed by atoms with van der Waals surface area (Å²) < 4.78 is 11.4. The number of nitrogens with zero attached hydrogens (tertiary/aromatic N) is 1. The van der Waals surface area contributed by atoms with Crippen LogP contribution in [0.25, 0.3) is 0 Å². The third kappa shape index (κ3) is 15.3. The second-order valence-corrected chi connectivity index (χ2v) is 12.6. The van der Waals surface area contributed by atoms with Gasteiger partial charge in [0.2, 0.25) is 5.91 Å². The van der Waals surface area contributed by atoms with Crippen LogP contribution in [0.3, 0.4) is 0 Å². The predicted octanol–water partition coefficient (Wildman–Crippen LogP) is 6.61. The molecule has 2 rings (SSSR count). The van der Waals surface area contributed by atoms with E-state index in [1.54, 1.807) is 4.90 Å². The molecule has 1 fully saturated rings. The summed E-state index contributed by atoms with van der Waals surface area (Å²) in [7, 11) is 0. The van der Waals surface area contributed by atoms with Crippen LogP contribution in [0.5, 0.6) is 0 Å². The zero-order valence-corrected chi connectivity index (χ0v) is 28.0. The molecule has 0 bridgehead atoms. The zero-order chi connectivity index (χ0) is 32.7. The van der Waals surface area contributed by atoms with Crippen LogP contribution >= 0.6 is 0 Å². The Balaban J connectivity index is 2.01. The van der Waals surface area contributed by atoms with Crippen LogP contribution in [-0.4, -0.2) is 76.0 Å². The Morgan fingerprint density at radius 3 is 1.87 bits per heavy atom. The Hall–Kier alpha value is -2.20. The molecular weight excluding hydrogens is 572 g/mol. The van der Waals surface area contributed by atoms with Crippen molar-refractivity contribution in [3.8, 4) is 0 Å². The van der Waals surface area contributed by atoms with Gasteiger partial charge in [0.1, 0.15) is 31.0 Å². The number of hydrogen-bond donors (Lipinski definition) is 4. The number of aliphatic hydroxyl groups is 3. The first-order chi connectivity index (χ1) is 21.9. The lowest BCUT2D eigenvalue weighted by Gasteiger charge is -2.46. The molecule has 0 unspecified atom stereocenters. The Kier molecular flexibility index (Phi) is 20.8. The molecule has 0 aliphatic carbocycles. The third-order valence-electron chi connectivity index (χ3n) is 8.77. The number of amides is 2. The number of benzene rings is 1. The minimum absolute atomic E-state index is 0.0299. The number of aliphatic hydroxyl groups excluding tert-OH is 3. The lowest BCUT2D eigenvalue weighted by Crippen LogP contribution is -2.68. The van der Waals surface area contributed by atoms with Crippen molar-refractivity contribution in [1.29, 1.82) is 0 Å². The minimum Gasteiger partial charge on any atom is -0.445 e. The molecule has 4 N–H and O–H groups in total. The predicted molar refractivity (Wildman–Crippen MR) is 177 cm³/mol. The molecule has 5 atom stereocenters. The van der Waals surface area contributed by atoms with Crippen molar-refractivity contribution in [1.82, 2.24) is 10.2 Å². The van der Waals surface area contributed by atoms with Gasteiger partial charge in [-0.2, -0.15) is 0 Å². The maximum Gasteiger partial charge on any atom is 0.407 e. The van der Waals surface area contributed by atoms with Crippen molar-refractivity contribution in [3.63, 3.8) is 0 Å². The lowest BCUT2D eigenvalue weighted by molar-refractivity contribution is -0.230. The van der Waals surface area contributed by atoms with Crippen LogP contribution in [0, 0.1) is 0 Å². The van der Waals surface area contributed by atoms with E-state index in [-0.39, 0.29) is 12.5 Å². The van der Waals surface area contributed by atoms with Gasteiger partial charge in [-0.3, -0.25) is 4.79 Å². The van der Waals surface area contributed by atoms with Gasteiger partial charge in [0.15, 0.2) is 6.23 Å². The quantitative estimate of drug-likeness (QED) is 0.0942. The maximum absolute atomic E-state index is 13.7. The molecule has 0 spiro atoms. The number of nitrogens with one attached hydrogen (secondary N) is 1. The summed E-state index contributed by atoms with van der Waals surface area (Å²) in [5.74, 6) is -0.116. The molecular formula is C36H62N2O7. The topological polar surface area (TPSA) is 129 Å². The van der Waals surface area contributed by atoms with Gasteiger partial charge in [-0.15, -0.1) is 0 Å². The van der Waals surface area contributed by atoms with Gasteiger partial charge in [0.05, 0.1) is 6.61 Å². The van der Waals surface area contributed by atoms with Crippen LogP contribution in [0.2, 0.25) is 0 Å². The number of alkyl carbamates (subject to hydrolysis) is 1. The van der Waals surface area contributed by atoms with Crippen molar-refractivity contribution in [2.24, 2.45) is 0 Å². The van der Waals surface area contributed by atoms with Crippen LogP contribution in [0.15, 0.2) is 30.3 Å². The SMILES string of the molecule is CCCCCCCCCCCCCC(=O)N(CCCCCCCC)[C@@H]1O[C@H](CO)[C@@H](O)[C@H](O)[C@H]1NC(=O)OCc1ccccc1. The first kappa shape index (κ1) is 39.0. The summed E-state index contributed by atoms with van der Waals surface area (Å²) in [6.07, 6.45) is 13.8. The van der Waals surface area contributed by atoms with Crippen molar-refractivity contribution < 1.29 is 34.4 Å². The van der Waals surface area contributed by atoms with Crippen molar-refractivity contribution >= 4 is 12.0 Å². The summed E-state index contributed by atoms with van der Waals surface area (Å²) in [4.78, 5) is 28.1. The van der Waals surface area contributed by atoms with Gasteiger partial charge in [-0.1, -0.05) is 140 Å². The Labute approximate surface area is 272 Å². The van der Waals surface area contributed by atoms with Crippen LogP contribution in [0.1, 0.15) is 135 Å². The molecule has 1 aromatic carbocycles. The smallest absolute Gasteiger partial charge is 0.407 e. The van der Waals surface area contributed by atoms with E-state index < -0.39 is 43.3 Å². The molecule has 45 heavy (non-hydrogen) atoms. The number of rotatable bonds is 24. The molecule has 9 heteroatoms. The highest BCUT2D eigenvalue weighted by molar-refractivity contribution is 5.76. The molecule has 1 aliphatic rings. The normalized spacial score (nSPS) is 21.4. The first-order valence-corrected chi connectivity index (χ1v) is 17.8. The molecule has 0 aromatic heterocycles. The standard InChI is InChI=1S/C36H62N2O7/c1-3-5-7-9-11-12-13-14-15-16-21-25-31(40)38(26-22-17-10-8-6-4-2)35-32(34(42)33(41)30(27-39)45-35)37-36(43)44-28-29-23-19-18-20-24-29/h18-20,23-24,30,32-35,39,41-42H,3-17,21-22,25-28H2,1-2H3,(H,37,43)/t30-,32-,33-,34-,35-/m1/s1. The Morgan fingerprint density at radius 2 is 1.31 bits per heavy atom. The average Bonchev–Trinajstić information content (AvgIpc) is 3.05.